The minimum atomic E-state index is -0.489. The summed E-state index contributed by atoms with van der Waals surface area (Å²) in [5.41, 5.74) is 0.473. The van der Waals surface area contributed by atoms with Crippen LogP contribution in [-0.4, -0.2) is 35.0 Å². The van der Waals surface area contributed by atoms with Gasteiger partial charge in [0.25, 0.3) is 0 Å². The third-order valence-corrected chi connectivity index (χ3v) is 2.45. The number of aromatic nitrogens is 2. The van der Waals surface area contributed by atoms with E-state index in [0.717, 1.165) is 16.7 Å². The fourth-order valence-corrected chi connectivity index (χ4v) is 1.65. The van der Waals surface area contributed by atoms with Gasteiger partial charge in [-0.15, -0.1) is 0 Å². The molecular formula is C14H19N3O3. The Hall–Kier alpha value is -2.24. The Bertz CT molecular complexity index is 587. The molecule has 0 spiro atoms. The average molecular weight is 277 g/mol. The van der Waals surface area contributed by atoms with Crippen LogP contribution in [0.3, 0.4) is 0 Å². The average Bonchev–Trinajstić information content (AvgIpc) is 2.79. The monoisotopic (exact) mass is 277 g/mol. The molecule has 0 aliphatic rings. The van der Waals surface area contributed by atoms with Crippen LogP contribution in [0.2, 0.25) is 0 Å². The number of nitrogens with zero attached hydrogens (tertiary/aromatic N) is 1. The van der Waals surface area contributed by atoms with Gasteiger partial charge in [0, 0.05) is 5.39 Å². The van der Waals surface area contributed by atoms with E-state index < -0.39 is 11.7 Å². The van der Waals surface area contributed by atoms with Crippen LogP contribution in [0.4, 0.5) is 4.79 Å². The van der Waals surface area contributed by atoms with E-state index in [1.165, 1.54) is 0 Å². The number of hydrogen-bond acceptors (Lipinski definition) is 4. The number of carbonyl (C=O) groups excluding carboxylic acids is 1. The highest BCUT2D eigenvalue weighted by molar-refractivity contribution is 5.79. The summed E-state index contributed by atoms with van der Waals surface area (Å²) in [6.45, 7) is 6.23. The Morgan fingerprint density at radius 1 is 1.40 bits per heavy atom. The number of rotatable bonds is 4. The summed E-state index contributed by atoms with van der Waals surface area (Å²) in [5, 5.41) is 10.4. The summed E-state index contributed by atoms with van der Waals surface area (Å²) >= 11 is 0. The lowest BCUT2D eigenvalue weighted by Gasteiger charge is -2.19. The normalized spacial score (nSPS) is 11.3. The summed E-state index contributed by atoms with van der Waals surface area (Å²) in [7, 11) is 0. The highest BCUT2D eigenvalue weighted by atomic mass is 16.6. The lowest BCUT2D eigenvalue weighted by Crippen LogP contribution is -2.34. The molecule has 2 N–H and O–H groups in total. The van der Waals surface area contributed by atoms with Crippen molar-refractivity contribution in [1.82, 2.24) is 15.5 Å². The molecule has 108 valence electrons. The van der Waals surface area contributed by atoms with Crippen LogP contribution in [0.5, 0.6) is 5.75 Å². The molecule has 1 aromatic heterocycles. The molecule has 0 fully saturated rings. The van der Waals surface area contributed by atoms with Gasteiger partial charge in [-0.05, 0) is 39.0 Å². The molecule has 2 rings (SSSR count). The van der Waals surface area contributed by atoms with Crippen molar-refractivity contribution in [3.8, 4) is 5.75 Å². The minimum Gasteiger partial charge on any atom is -0.492 e. The number of aromatic amines is 1. The van der Waals surface area contributed by atoms with Crippen molar-refractivity contribution in [2.45, 2.75) is 26.4 Å². The van der Waals surface area contributed by atoms with Crippen molar-refractivity contribution in [1.29, 1.82) is 0 Å². The number of nitrogens with one attached hydrogen (secondary N) is 2. The van der Waals surface area contributed by atoms with Gasteiger partial charge in [0.05, 0.1) is 18.3 Å². The number of fused-ring (bicyclic) bond motifs is 1. The zero-order chi connectivity index (χ0) is 14.6. The van der Waals surface area contributed by atoms with Crippen LogP contribution in [-0.2, 0) is 4.74 Å². The third kappa shape index (κ3) is 4.15. The molecule has 0 atom stereocenters. The number of carbonyl (C=O) groups is 1. The molecule has 1 heterocycles. The van der Waals surface area contributed by atoms with Gasteiger partial charge in [0.2, 0.25) is 0 Å². The number of alkyl carbamates (subject to hydrolysis) is 1. The van der Waals surface area contributed by atoms with Crippen molar-refractivity contribution in [3.63, 3.8) is 0 Å². The Kier molecular flexibility index (Phi) is 4.12. The van der Waals surface area contributed by atoms with Crippen molar-refractivity contribution in [2.24, 2.45) is 0 Å². The Morgan fingerprint density at radius 2 is 2.20 bits per heavy atom. The van der Waals surface area contributed by atoms with E-state index in [0.29, 0.717) is 13.2 Å². The first-order valence-corrected chi connectivity index (χ1v) is 6.47. The minimum absolute atomic E-state index is 0.378. The largest absolute Gasteiger partial charge is 0.492 e. The van der Waals surface area contributed by atoms with E-state index in [2.05, 4.69) is 15.5 Å². The molecule has 20 heavy (non-hydrogen) atoms. The van der Waals surface area contributed by atoms with Crippen LogP contribution >= 0.6 is 0 Å². The van der Waals surface area contributed by atoms with Gasteiger partial charge in [-0.1, -0.05) is 0 Å². The number of H-pyrrole nitrogens is 1. The fraction of sp³-hybridized carbons (Fsp3) is 0.429. The van der Waals surface area contributed by atoms with Gasteiger partial charge in [-0.2, -0.15) is 5.10 Å². The standard InChI is InChI=1S/C14H19N3O3/c1-14(2,3)20-13(18)15-6-7-19-11-4-5-12-10(8-11)9-16-17-12/h4-5,8-9H,6-7H2,1-3H3,(H,15,18)(H,16,17). The first kappa shape index (κ1) is 14.2. The van der Waals surface area contributed by atoms with Gasteiger partial charge in [0.1, 0.15) is 18.0 Å². The second-order valence-corrected chi connectivity index (χ2v) is 5.40. The summed E-state index contributed by atoms with van der Waals surface area (Å²) in [6.07, 6.45) is 1.30. The zero-order valence-corrected chi connectivity index (χ0v) is 11.9. The molecule has 1 amide bonds. The summed E-state index contributed by atoms with van der Waals surface area (Å²) < 4.78 is 10.7. The first-order chi connectivity index (χ1) is 9.44. The first-order valence-electron chi connectivity index (χ1n) is 6.47. The molecule has 2 aromatic rings. The number of amides is 1. The molecule has 0 aliphatic heterocycles. The molecule has 0 unspecified atom stereocenters. The summed E-state index contributed by atoms with van der Waals surface area (Å²) in [5.74, 6) is 0.741. The second-order valence-electron chi connectivity index (χ2n) is 5.40. The molecule has 0 saturated carbocycles. The molecule has 0 aliphatic carbocycles. The van der Waals surface area contributed by atoms with Crippen LogP contribution in [0.1, 0.15) is 20.8 Å². The Morgan fingerprint density at radius 3 is 2.95 bits per heavy atom. The van der Waals surface area contributed by atoms with Crippen LogP contribution < -0.4 is 10.1 Å². The molecule has 1 aromatic carbocycles. The predicted molar refractivity (Wildman–Crippen MR) is 75.8 cm³/mol. The Balaban J connectivity index is 1.74. The van der Waals surface area contributed by atoms with Crippen molar-refractivity contribution >= 4 is 17.0 Å². The number of hydrogen-bond donors (Lipinski definition) is 2. The lowest BCUT2D eigenvalue weighted by atomic mass is 10.2. The predicted octanol–water partition coefficient (Wildman–Crippen LogP) is 2.47. The zero-order valence-electron chi connectivity index (χ0n) is 11.9. The SMILES string of the molecule is CC(C)(C)OC(=O)NCCOc1ccc2[nH]ncc2c1. The summed E-state index contributed by atoms with van der Waals surface area (Å²) in [4.78, 5) is 11.4. The van der Waals surface area contributed by atoms with E-state index >= 15 is 0 Å². The highest BCUT2D eigenvalue weighted by Crippen LogP contribution is 2.18. The fourth-order valence-electron chi connectivity index (χ4n) is 1.65. The van der Waals surface area contributed by atoms with E-state index in [1.807, 2.05) is 39.0 Å². The van der Waals surface area contributed by atoms with E-state index in [9.17, 15) is 4.79 Å². The maximum atomic E-state index is 11.4. The third-order valence-electron chi connectivity index (χ3n) is 2.45. The van der Waals surface area contributed by atoms with Crippen LogP contribution in [0, 0.1) is 0 Å². The molecular weight excluding hydrogens is 258 g/mol. The van der Waals surface area contributed by atoms with Crippen molar-refractivity contribution in [3.05, 3.63) is 24.4 Å². The molecule has 0 saturated heterocycles. The molecule has 6 heteroatoms. The van der Waals surface area contributed by atoms with E-state index in [-0.39, 0.29) is 0 Å². The van der Waals surface area contributed by atoms with E-state index in [4.69, 9.17) is 9.47 Å². The van der Waals surface area contributed by atoms with Crippen LogP contribution in [0.25, 0.3) is 10.9 Å². The Labute approximate surface area is 117 Å². The maximum absolute atomic E-state index is 11.4. The van der Waals surface area contributed by atoms with Gasteiger partial charge < -0.3 is 14.8 Å². The second kappa shape index (κ2) is 5.81. The van der Waals surface area contributed by atoms with Crippen molar-refractivity contribution in [2.75, 3.05) is 13.2 Å². The van der Waals surface area contributed by atoms with Gasteiger partial charge in [0.15, 0.2) is 0 Å². The van der Waals surface area contributed by atoms with E-state index in [1.54, 1.807) is 6.20 Å². The molecule has 0 bridgehead atoms. The number of benzene rings is 1. The van der Waals surface area contributed by atoms with Crippen molar-refractivity contribution < 1.29 is 14.3 Å². The lowest BCUT2D eigenvalue weighted by molar-refractivity contribution is 0.0520. The molecule has 0 radical (unpaired) electrons. The maximum Gasteiger partial charge on any atom is 0.407 e. The highest BCUT2D eigenvalue weighted by Gasteiger charge is 2.15. The van der Waals surface area contributed by atoms with Gasteiger partial charge in [-0.3, -0.25) is 5.10 Å². The van der Waals surface area contributed by atoms with Gasteiger partial charge >= 0.3 is 6.09 Å². The smallest absolute Gasteiger partial charge is 0.407 e. The van der Waals surface area contributed by atoms with Crippen LogP contribution in [0.15, 0.2) is 24.4 Å². The van der Waals surface area contributed by atoms with Gasteiger partial charge in [-0.25, -0.2) is 4.79 Å². The topological polar surface area (TPSA) is 76.2 Å². The summed E-state index contributed by atoms with van der Waals surface area (Å²) in [6, 6.07) is 5.65. The molecule has 6 nitrogen and oxygen atoms in total. The quantitative estimate of drug-likeness (QED) is 0.842. The number of ether oxygens (including phenoxy) is 2.